The van der Waals surface area contributed by atoms with Crippen LogP contribution in [0.5, 0.6) is 0 Å². The average Bonchev–Trinajstić information content (AvgIpc) is 3.02. The molecule has 0 saturated heterocycles. The quantitative estimate of drug-likeness (QED) is 0.150. The van der Waals surface area contributed by atoms with E-state index >= 15 is 0 Å². The summed E-state index contributed by atoms with van der Waals surface area (Å²) in [5.41, 5.74) is 13.7. The largest absolute Gasteiger partial charge is 0.255 e. The number of hydrogen-bond donors (Lipinski definition) is 0. The normalized spacial score (nSPS) is 11.9. The molecular formula is C39H46N2. The number of nitrogens with zero attached hydrogens (tertiary/aromatic N) is 2. The molecule has 0 aliphatic heterocycles. The lowest BCUT2D eigenvalue weighted by Gasteiger charge is -2.16. The van der Waals surface area contributed by atoms with E-state index in [-0.39, 0.29) is 0 Å². The molecule has 0 spiro atoms. The van der Waals surface area contributed by atoms with Gasteiger partial charge in [-0.25, -0.2) is 0 Å². The summed E-state index contributed by atoms with van der Waals surface area (Å²) in [4.78, 5) is 10.1. The van der Waals surface area contributed by atoms with Crippen LogP contribution >= 0.6 is 0 Å². The van der Waals surface area contributed by atoms with Crippen LogP contribution in [0.3, 0.4) is 0 Å². The molecule has 212 valence electrons. The maximum atomic E-state index is 5.13. The van der Waals surface area contributed by atoms with Crippen LogP contribution in [-0.2, 0) is 19.3 Å². The van der Waals surface area contributed by atoms with E-state index in [1.54, 1.807) is 0 Å². The lowest BCUT2D eigenvalue weighted by molar-refractivity contribution is 0.773. The van der Waals surface area contributed by atoms with Gasteiger partial charge in [-0.1, -0.05) is 101 Å². The fourth-order valence-electron chi connectivity index (χ4n) is 5.48. The second-order valence-electron chi connectivity index (χ2n) is 10.9. The molecule has 0 atom stereocenters. The first-order chi connectivity index (χ1) is 20.1. The van der Waals surface area contributed by atoms with E-state index in [1.807, 2.05) is 6.21 Å². The van der Waals surface area contributed by atoms with Crippen LogP contribution < -0.4 is 0 Å². The number of unbranched alkanes of at least 4 members (excludes halogenated alkanes) is 2. The first-order valence-electron chi connectivity index (χ1n) is 15.6. The SMILES string of the molecule is CCCCc1cc(N=C(C=Nc2cc(CC)c(-c3ccccc3)c(-c3ccccc3)c2)CC)cc(CCCC)c1C. The Kier molecular flexibility index (Phi) is 11.3. The average molecular weight is 543 g/mol. The van der Waals surface area contributed by atoms with Crippen molar-refractivity contribution in [3.63, 3.8) is 0 Å². The van der Waals surface area contributed by atoms with Crippen LogP contribution in [0.2, 0.25) is 0 Å². The van der Waals surface area contributed by atoms with Crippen molar-refractivity contribution in [1.29, 1.82) is 0 Å². The summed E-state index contributed by atoms with van der Waals surface area (Å²) in [6.45, 7) is 11.2. The maximum absolute atomic E-state index is 5.13. The van der Waals surface area contributed by atoms with E-state index in [4.69, 9.17) is 9.98 Å². The van der Waals surface area contributed by atoms with Gasteiger partial charge < -0.3 is 0 Å². The highest BCUT2D eigenvalue weighted by atomic mass is 14.8. The number of benzene rings is 4. The molecule has 0 saturated carbocycles. The molecule has 0 amide bonds. The van der Waals surface area contributed by atoms with Gasteiger partial charge >= 0.3 is 0 Å². The Bertz CT molecular complexity index is 1430. The van der Waals surface area contributed by atoms with Crippen LogP contribution in [0.15, 0.2) is 94.9 Å². The van der Waals surface area contributed by atoms with Crippen molar-refractivity contribution in [1.82, 2.24) is 0 Å². The van der Waals surface area contributed by atoms with Gasteiger partial charge in [0.05, 0.1) is 17.1 Å². The minimum absolute atomic E-state index is 0.834. The molecule has 0 aliphatic rings. The standard InChI is InChI=1S/C39H46N2/c1-6-10-18-33-25-37(26-34(29(33)5)19-11-7-2)41-35(9-4)28-40-36-24-30(8-3)39(32-22-16-13-17-23-32)38(27-36)31-20-14-12-15-21-31/h12-17,20-28H,6-11,18-19H2,1-5H3. The van der Waals surface area contributed by atoms with Gasteiger partial charge in [-0.3, -0.25) is 9.98 Å². The van der Waals surface area contributed by atoms with Gasteiger partial charge in [0.25, 0.3) is 0 Å². The molecule has 2 heteroatoms. The van der Waals surface area contributed by atoms with Crippen LogP contribution in [-0.4, -0.2) is 11.9 Å². The van der Waals surface area contributed by atoms with Crippen LogP contribution in [0, 0.1) is 6.92 Å². The van der Waals surface area contributed by atoms with Gasteiger partial charge in [0.15, 0.2) is 0 Å². The van der Waals surface area contributed by atoms with Gasteiger partial charge in [0, 0.05) is 6.21 Å². The summed E-state index contributed by atoms with van der Waals surface area (Å²) >= 11 is 0. The Hall–Kier alpha value is -3.78. The molecule has 0 fully saturated rings. The molecule has 41 heavy (non-hydrogen) atoms. The van der Waals surface area contributed by atoms with Crippen molar-refractivity contribution in [3.05, 3.63) is 107 Å². The fraction of sp³-hybridized carbons (Fsp3) is 0.333. The van der Waals surface area contributed by atoms with E-state index in [0.29, 0.717) is 0 Å². The topological polar surface area (TPSA) is 24.7 Å². The monoisotopic (exact) mass is 542 g/mol. The molecule has 0 bridgehead atoms. The lowest BCUT2D eigenvalue weighted by Crippen LogP contribution is -2.00. The summed E-state index contributed by atoms with van der Waals surface area (Å²) in [7, 11) is 0. The molecule has 2 nitrogen and oxygen atoms in total. The molecule has 0 aromatic heterocycles. The van der Waals surface area contributed by atoms with E-state index in [9.17, 15) is 0 Å². The van der Waals surface area contributed by atoms with Gasteiger partial charge in [-0.2, -0.15) is 0 Å². The minimum atomic E-state index is 0.834. The van der Waals surface area contributed by atoms with Crippen molar-refractivity contribution in [2.24, 2.45) is 9.98 Å². The van der Waals surface area contributed by atoms with E-state index < -0.39 is 0 Å². The highest BCUT2D eigenvalue weighted by molar-refractivity contribution is 6.31. The van der Waals surface area contributed by atoms with E-state index in [1.165, 1.54) is 70.2 Å². The Balaban J connectivity index is 1.74. The first kappa shape index (κ1) is 30.2. The van der Waals surface area contributed by atoms with E-state index in [2.05, 4.69) is 120 Å². The van der Waals surface area contributed by atoms with Crippen molar-refractivity contribution >= 4 is 23.3 Å². The van der Waals surface area contributed by atoms with E-state index in [0.717, 1.165) is 42.8 Å². The molecule has 0 heterocycles. The molecule has 4 aromatic carbocycles. The zero-order chi connectivity index (χ0) is 29.0. The smallest absolute Gasteiger partial charge is 0.0639 e. The summed E-state index contributed by atoms with van der Waals surface area (Å²) in [5, 5.41) is 0. The molecule has 0 N–H and O–H groups in total. The van der Waals surface area contributed by atoms with Crippen LogP contribution in [0.4, 0.5) is 11.4 Å². The Morgan fingerprint density at radius 1 is 0.659 bits per heavy atom. The lowest BCUT2D eigenvalue weighted by atomic mass is 9.89. The van der Waals surface area contributed by atoms with Crippen molar-refractivity contribution in [3.8, 4) is 22.3 Å². The highest BCUT2D eigenvalue weighted by Crippen LogP contribution is 2.38. The third kappa shape index (κ3) is 7.91. The second-order valence-corrected chi connectivity index (χ2v) is 10.9. The predicted octanol–water partition coefficient (Wildman–Crippen LogP) is 11.5. The van der Waals surface area contributed by atoms with Crippen molar-refractivity contribution in [2.75, 3.05) is 0 Å². The number of aryl methyl sites for hydroxylation is 3. The van der Waals surface area contributed by atoms with Gasteiger partial charge in [0.2, 0.25) is 0 Å². The molecule has 0 aliphatic carbocycles. The molecule has 4 aromatic rings. The molecule has 0 unspecified atom stereocenters. The summed E-state index contributed by atoms with van der Waals surface area (Å²) in [6, 6.07) is 30.5. The van der Waals surface area contributed by atoms with Gasteiger partial charge in [-0.05, 0) is 114 Å². The molecule has 4 rings (SSSR count). The van der Waals surface area contributed by atoms with Crippen molar-refractivity contribution in [2.45, 2.75) is 86.0 Å². The number of rotatable bonds is 13. The number of hydrogen-bond acceptors (Lipinski definition) is 2. The predicted molar refractivity (Wildman–Crippen MR) is 181 cm³/mol. The van der Waals surface area contributed by atoms with Gasteiger partial charge in [0.1, 0.15) is 0 Å². The summed E-state index contributed by atoms with van der Waals surface area (Å²) < 4.78 is 0. The third-order valence-electron chi connectivity index (χ3n) is 7.94. The first-order valence-corrected chi connectivity index (χ1v) is 15.6. The fourth-order valence-corrected chi connectivity index (χ4v) is 5.48. The zero-order valence-corrected chi connectivity index (χ0v) is 25.7. The number of aliphatic imine (C=N–C) groups is 2. The Labute approximate surface area is 248 Å². The molecule has 0 radical (unpaired) electrons. The Morgan fingerprint density at radius 3 is 1.76 bits per heavy atom. The van der Waals surface area contributed by atoms with Crippen molar-refractivity contribution < 1.29 is 0 Å². The minimum Gasteiger partial charge on any atom is -0.255 e. The third-order valence-corrected chi connectivity index (χ3v) is 7.94. The molecular weight excluding hydrogens is 496 g/mol. The van der Waals surface area contributed by atoms with Crippen LogP contribution in [0.25, 0.3) is 22.3 Å². The highest BCUT2D eigenvalue weighted by Gasteiger charge is 2.14. The van der Waals surface area contributed by atoms with Gasteiger partial charge in [-0.15, -0.1) is 0 Å². The summed E-state index contributed by atoms with van der Waals surface area (Å²) in [5.74, 6) is 0. The Morgan fingerprint density at radius 2 is 1.22 bits per heavy atom. The maximum Gasteiger partial charge on any atom is 0.0639 e. The second kappa shape index (κ2) is 15.3. The zero-order valence-electron chi connectivity index (χ0n) is 25.7. The summed E-state index contributed by atoms with van der Waals surface area (Å²) in [6.07, 6.45) is 10.8. The van der Waals surface area contributed by atoms with Crippen LogP contribution in [0.1, 0.15) is 82.1 Å².